The molecule has 0 aromatic heterocycles. The Morgan fingerprint density at radius 3 is 2.62 bits per heavy atom. The minimum Gasteiger partial charge on any atom is -0.454 e. The molecule has 1 amide bonds. The zero-order chi connectivity index (χ0) is 15.0. The van der Waals surface area contributed by atoms with Crippen molar-refractivity contribution >= 4 is 11.7 Å². The van der Waals surface area contributed by atoms with Crippen molar-refractivity contribution in [2.24, 2.45) is 5.92 Å². The van der Waals surface area contributed by atoms with Crippen molar-refractivity contribution in [3.63, 3.8) is 0 Å². The standard InChI is InChI=1S/C15H17NO5/c1-9(16(2)15(18)11-6-19-7-11)14(17)10-3-4-12-13(5-10)21-8-20-12/h3-5,9,11H,6-8H2,1-2H3/t9-/m1/s1. The number of carbonyl (C=O) groups excluding carboxylic acids is 2. The number of fused-ring (bicyclic) bond motifs is 1. The Labute approximate surface area is 122 Å². The lowest BCUT2D eigenvalue weighted by molar-refractivity contribution is -0.149. The van der Waals surface area contributed by atoms with Gasteiger partial charge in [-0.2, -0.15) is 0 Å². The molecular formula is C15H17NO5. The van der Waals surface area contributed by atoms with Crippen LogP contribution < -0.4 is 9.47 Å². The minimum absolute atomic E-state index is 0.0529. The Morgan fingerprint density at radius 2 is 1.95 bits per heavy atom. The van der Waals surface area contributed by atoms with Gasteiger partial charge in [0.05, 0.1) is 25.2 Å². The zero-order valence-electron chi connectivity index (χ0n) is 12.0. The summed E-state index contributed by atoms with van der Waals surface area (Å²) < 4.78 is 15.5. The Bertz CT molecular complexity index is 581. The first-order valence-electron chi connectivity index (χ1n) is 6.86. The average molecular weight is 291 g/mol. The summed E-state index contributed by atoms with van der Waals surface area (Å²) in [5, 5.41) is 0. The van der Waals surface area contributed by atoms with Crippen molar-refractivity contribution in [2.45, 2.75) is 13.0 Å². The second-order valence-corrected chi connectivity index (χ2v) is 5.29. The maximum Gasteiger partial charge on any atom is 0.231 e. The summed E-state index contributed by atoms with van der Waals surface area (Å²) in [6.07, 6.45) is 0. The van der Waals surface area contributed by atoms with E-state index in [1.54, 1.807) is 32.2 Å². The fourth-order valence-electron chi connectivity index (χ4n) is 2.32. The predicted octanol–water partition coefficient (Wildman–Crippen LogP) is 1.09. The second kappa shape index (κ2) is 5.37. The normalized spacial score (nSPS) is 18.0. The van der Waals surface area contributed by atoms with Gasteiger partial charge in [0.1, 0.15) is 0 Å². The quantitative estimate of drug-likeness (QED) is 0.777. The van der Waals surface area contributed by atoms with Crippen LogP contribution >= 0.6 is 0 Å². The summed E-state index contributed by atoms with van der Waals surface area (Å²) in [5.74, 6) is 0.902. The van der Waals surface area contributed by atoms with Crippen molar-refractivity contribution < 1.29 is 23.8 Å². The van der Waals surface area contributed by atoms with Crippen molar-refractivity contribution in [1.29, 1.82) is 0 Å². The van der Waals surface area contributed by atoms with Gasteiger partial charge in [0, 0.05) is 12.6 Å². The number of ketones is 1. The Balaban J connectivity index is 1.73. The Kier molecular flexibility index (Phi) is 3.55. The summed E-state index contributed by atoms with van der Waals surface area (Å²) in [6.45, 7) is 2.77. The van der Waals surface area contributed by atoms with Crippen LogP contribution in [0.15, 0.2) is 18.2 Å². The van der Waals surface area contributed by atoms with E-state index in [1.807, 2.05) is 0 Å². The molecule has 0 radical (unpaired) electrons. The van der Waals surface area contributed by atoms with Gasteiger partial charge >= 0.3 is 0 Å². The molecule has 0 saturated carbocycles. The molecule has 1 aromatic rings. The highest BCUT2D eigenvalue weighted by molar-refractivity contribution is 6.02. The number of amides is 1. The van der Waals surface area contributed by atoms with E-state index >= 15 is 0 Å². The van der Waals surface area contributed by atoms with Crippen LogP contribution in [0.3, 0.4) is 0 Å². The molecule has 3 rings (SSSR count). The van der Waals surface area contributed by atoms with E-state index in [1.165, 1.54) is 4.90 Å². The first-order valence-corrected chi connectivity index (χ1v) is 6.86. The van der Waals surface area contributed by atoms with E-state index in [0.29, 0.717) is 30.3 Å². The molecule has 0 unspecified atom stereocenters. The topological polar surface area (TPSA) is 65.1 Å². The van der Waals surface area contributed by atoms with Gasteiger partial charge < -0.3 is 19.1 Å². The van der Waals surface area contributed by atoms with Crippen LogP contribution in [0.25, 0.3) is 0 Å². The molecule has 0 N–H and O–H groups in total. The van der Waals surface area contributed by atoms with Crippen LogP contribution in [0.2, 0.25) is 0 Å². The molecule has 0 aliphatic carbocycles. The van der Waals surface area contributed by atoms with Gasteiger partial charge in [-0.05, 0) is 25.1 Å². The van der Waals surface area contributed by atoms with Crippen LogP contribution in [-0.2, 0) is 9.53 Å². The molecular weight excluding hydrogens is 274 g/mol. The number of Topliss-reactive ketones (excluding diaryl/α,β-unsaturated/α-hetero) is 1. The molecule has 21 heavy (non-hydrogen) atoms. The first kappa shape index (κ1) is 13.9. The summed E-state index contributed by atoms with van der Waals surface area (Å²) >= 11 is 0. The second-order valence-electron chi connectivity index (χ2n) is 5.29. The van der Waals surface area contributed by atoms with Crippen LogP contribution in [0, 0.1) is 5.92 Å². The van der Waals surface area contributed by atoms with E-state index in [0.717, 1.165) is 0 Å². The van der Waals surface area contributed by atoms with E-state index in [-0.39, 0.29) is 24.4 Å². The molecule has 6 heteroatoms. The van der Waals surface area contributed by atoms with Crippen molar-refractivity contribution in [3.8, 4) is 11.5 Å². The van der Waals surface area contributed by atoms with E-state index in [4.69, 9.17) is 14.2 Å². The monoisotopic (exact) mass is 291 g/mol. The number of carbonyl (C=O) groups is 2. The number of rotatable bonds is 4. The highest BCUT2D eigenvalue weighted by Gasteiger charge is 2.33. The summed E-state index contributed by atoms with van der Waals surface area (Å²) in [4.78, 5) is 26.1. The van der Waals surface area contributed by atoms with Crippen molar-refractivity contribution in [1.82, 2.24) is 4.90 Å². The van der Waals surface area contributed by atoms with Gasteiger partial charge in [-0.25, -0.2) is 0 Å². The van der Waals surface area contributed by atoms with Crippen LogP contribution in [-0.4, -0.2) is 49.7 Å². The predicted molar refractivity (Wildman–Crippen MR) is 73.4 cm³/mol. The number of ether oxygens (including phenoxy) is 3. The third kappa shape index (κ3) is 2.47. The molecule has 1 aromatic carbocycles. The molecule has 2 heterocycles. The highest BCUT2D eigenvalue weighted by Crippen LogP contribution is 2.33. The molecule has 0 spiro atoms. The molecule has 2 aliphatic rings. The molecule has 0 bridgehead atoms. The SMILES string of the molecule is C[C@H](C(=O)c1ccc2c(c1)OCO2)N(C)C(=O)C1COC1. The fraction of sp³-hybridized carbons (Fsp3) is 0.467. The summed E-state index contributed by atoms with van der Waals surface area (Å²) in [7, 11) is 1.65. The van der Waals surface area contributed by atoms with Crippen LogP contribution in [0.1, 0.15) is 17.3 Å². The number of likely N-dealkylation sites (N-methyl/N-ethyl adjacent to an activating group) is 1. The van der Waals surface area contributed by atoms with Crippen molar-refractivity contribution in [2.75, 3.05) is 27.1 Å². The number of hydrogen-bond donors (Lipinski definition) is 0. The molecule has 112 valence electrons. The largest absolute Gasteiger partial charge is 0.454 e. The minimum atomic E-state index is -0.529. The van der Waals surface area contributed by atoms with Gasteiger partial charge in [0.15, 0.2) is 17.3 Å². The van der Waals surface area contributed by atoms with E-state index in [9.17, 15) is 9.59 Å². The summed E-state index contributed by atoms with van der Waals surface area (Å²) in [6, 6.07) is 4.53. The lowest BCUT2D eigenvalue weighted by atomic mass is 10.0. The molecule has 1 saturated heterocycles. The van der Waals surface area contributed by atoms with Gasteiger partial charge in [-0.3, -0.25) is 9.59 Å². The molecule has 2 aliphatic heterocycles. The lowest BCUT2D eigenvalue weighted by Crippen LogP contribution is -2.48. The number of nitrogens with zero attached hydrogens (tertiary/aromatic N) is 1. The number of hydrogen-bond acceptors (Lipinski definition) is 5. The Morgan fingerprint density at radius 1 is 1.24 bits per heavy atom. The maximum absolute atomic E-state index is 12.5. The first-order chi connectivity index (χ1) is 10.1. The highest BCUT2D eigenvalue weighted by atomic mass is 16.7. The molecule has 1 atom stereocenters. The zero-order valence-corrected chi connectivity index (χ0v) is 12.0. The van der Waals surface area contributed by atoms with Gasteiger partial charge in [0.25, 0.3) is 0 Å². The Hall–Kier alpha value is -2.08. The maximum atomic E-state index is 12.5. The smallest absolute Gasteiger partial charge is 0.231 e. The van der Waals surface area contributed by atoms with Gasteiger partial charge in [0.2, 0.25) is 12.7 Å². The number of benzene rings is 1. The van der Waals surface area contributed by atoms with Gasteiger partial charge in [-0.15, -0.1) is 0 Å². The summed E-state index contributed by atoms with van der Waals surface area (Å²) in [5.41, 5.74) is 0.510. The third-order valence-electron chi connectivity index (χ3n) is 3.95. The van der Waals surface area contributed by atoms with Crippen LogP contribution in [0.4, 0.5) is 0 Å². The fourth-order valence-corrected chi connectivity index (χ4v) is 2.32. The van der Waals surface area contributed by atoms with Crippen LogP contribution in [0.5, 0.6) is 11.5 Å². The molecule has 1 fully saturated rings. The molecule has 6 nitrogen and oxygen atoms in total. The average Bonchev–Trinajstić information content (AvgIpc) is 2.90. The van der Waals surface area contributed by atoms with Crippen molar-refractivity contribution in [3.05, 3.63) is 23.8 Å². The lowest BCUT2D eigenvalue weighted by Gasteiger charge is -2.32. The van der Waals surface area contributed by atoms with E-state index in [2.05, 4.69) is 0 Å². The third-order valence-corrected chi connectivity index (χ3v) is 3.95. The van der Waals surface area contributed by atoms with Gasteiger partial charge in [-0.1, -0.05) is 0 Å². The van der Waals surface area contributed by atoms with E-state index < -0.39 is 6.04 Å².